The lowest BCUT2D eigenvalue weighted by Crippen LogP contribution is -2.50. The molecule has 0 saturated carbocycles. The highest BCUT2D eigenvalue weighted by Crippen LogP contribution is 2.21. The Morgan fingerprint density at radius 3 is 2.90 bits per heavy atom. The molecule has 1 saturated heterocycles. The lowest BCUT2D eigenvalue weighted by atomic mass is 10.1. The Hall–Kier alpha value is -1.55. The molecule has 116 valence electrons. The van der Waals surface area contributed by atoms with Crippen LogP contribution in [-0.4, -0.2) is 42.7 Å². The smallest absolute Gasteiger partial charge is 0.223 e. The largest absolute Gasteiger partial charge is 0.494 e. The monoisotopic (exact) mass is 291 g/mol. The molecule has 0 aromatic heterocycles. The third kappa shape index (κ3) is 4.21. The van der Waals surface area contributed by atoms with E-state index in [-0.39, 0.29) is 18.1 Å². The molecule has 0 N–H and O–H groups in total. The number of carbonyl (C=O) groups is 1. The second-order valence-electron chi connectivity index (χ2n) is 5.58. The van der Waals surface area contributed by atoms with Crippen LogP contribution in [0.2, 0.25) is 0 Å². The van der Waals surface area contributed by atoms with Gasteiger partial charge in [0.05, 0.1) is 25.4 Å². The van der Waals surface area contributed by atoms with Crippen LogP contribution in [0.4, 0.5) is 0 Å². The summed E-state index contributed by atoms with van der Waals surface area (Å²) in [5, 5.41) is 0. The number of ether oxygens (including phenoxy) is 2. The molecule has 1 aromatic rings. The van der Waals surface area contributed by atoms with Crippen molar-refractivity contribution < 1.29 is 14.3 Å². The number of nitrogens with zero attached hydrogens (tertiary/aromatic N) is 1. The van der Waals surface area contributed by atoms with Gasteiger partial charge in [0.25, 0.3) is 0 Å². The van der Waals surface area contributed by atoms with E-state index in [1.807, 2.05) is 49.9 Å². The lowest BCUT2D eigenvalue weighted by molar-refractivity contribution is -0.143. The SMILES string of the molecule is CCOc1ccccc1CCC(=O)N1C[C@H](C)OC[C@H]1C. The third-order valence-corrected chi connectivity index (χ3v) is 3.81. The number of benzene rings is 1. The molecule has 1 amide bonds. The number of morpholine rings is 1. The average molecular weight is 291 g/mol. The highest BCUT2D eigenvalue weighted by Gasteiger charge is 2.27. The van der Waals surface area contributed by atoms with Crippen molar-refractivity contribution in [2.45, 2.75) is 45.8 Å². The summed E-state index contributed by atoms with van der Waals surface area (Å²) in [4.78, 5) is 14.4. The Morgan fingerprint density at radius 1 is 1.38 bits per heavy atom. The molecule has 1 aliphatic heterocycles. The first kappa shape index (κ1) is 15.8. The minimum absolute atomic E-state index is 0.126. The zero-order valence-electron chi connectivity index (χ0n) is 13.2. The molecule has 0 aliphatic carbocycles. The maximum absolute atomic E-state index is 12.4. The van der Waals surface area contributed by atoms with Crippen molar-refractivity contribution in [3.63, 3.8) is 0 Å². The first-order valence-electron chi connectivity index (χ1n) is 7.73. The van der Waals surface area contributed by atoms with Crippen LogP contribution in [0.25, 0.3) is 0 Å². The van der Waals surface area contributed by atoms with E-state index in [4.69, 9.17) is 9.47 Å². The maximum atomic E-state index is 12.4. The second-order valence-corrected chi connectivity index (χ2v) is 5.58. The number of carbonyl (C=O) groups excluding carboxylic acids is 1. The van der Waals surface area contributed by atoms with E-state index in [1.54, 1.807) is 0 Å². The lowest BCUT2D eigenvalue weighted by Gasteiger charge is -2.37. The van der Waals surface area contributed by atoms with Crippen molar-refractivity contribution in [2.24, 2.45) is 0 Å². The van der Waals surface area contributed by atoms with Gasteiger partial charge in [-0.05, 0) is 38.8 Å². The van der Waals surface area contributed by atoms with E-state index in [0.717, 1.165) is 11.3 Å². The Bertz CT molecular complexity index is 475. The fourth-order valence-electron chi connectivity index (χ4n) is 2.64. The van der Waals surface area contributed by atoms with Crippen molar-refractivity contribution in [3.8, 4) is 5.75 Å². The van der Waals surface area contributed by atoms with E-state index in [9.17, 15) is 4.79 Å². The third-order valence-electron chi connectivity index (χ3n) is 3.81. The van der Waals surface area contributed by atoms with Gasteiger partial charge in [-0.1, -0.05) is 18.2 Å². The first-order chi connectivity index (χ1) is 10.1. The fraction of sp³-hybridized carbons (Fsp3) is 0.588. The van der Waals surface area contributed by atoms with Gasteiger partial charge in [-0.25, -0.2) is 0 Å². The van der Waals surface area contributed by atoms with Crippen LogP contribution in [-0.2, 0) is 16.0 Å². The van der Waals surface area contributed by atoms with Crippen molar-refractivity contribution in [2.75, 3.05) is 19.8 Å². The summed E-state index contributed by atoms with van der Waals surface area (Å²) in [6.45, 7) is 7.98. The van der Waals surface area contributed by atoms with Crippen LogP contribution in [0, 0.1) is 0 Å². The van der Waals surface area contributed by atoms with Gasteiger partial charge in [0.1, 0.15) is 5.75 Å². The highest BCUT2D eigenvalue weighted by molar-refractivity contribution is 5.77. The van der Waals surface area contributed by atoms with Crippen LogP contribution in [0.3, 0.4) is 0 Å². The van der Waals surface area contributed by atoms with Crippen molar-refractivity contribution in [3.05, 3.63) is 29.8 Å². The topological polar surface area (TPSA) is 38.8 Å². The van der Waals surface area contributed by atoms with Crippen molar-refractivity contribution in [1.29, 1.82) is 0 Å². The Balaban J connectivity index is 1.94. The van der Waals surface area contributed by atoms with Crippen LogP contribution in [0.5, 0.6) is 5.75 Å². The first-order valence-corrected chi connectivity index (χ1v) is 7.73. The number of hydrogen-bond acceptors (Lipinski definition) is 3. The molecule has 0 radical (unpaired) electrons. The number of amides is 1. The molecule has 1 fully saturated rings. The maximum Gasteiger partial charge on any atom is 0.223 e. The average Bonchev–Trinajstić information content (AvgIpc) is 2.49. The summed E-state index contributed by atoms with van der Waals surface area (Å²) in [5.41, 5.74) is 1.10. The predicted molar refractivity (Wildman–Crippen MR) is 82.5 cm³/mol. The van der Waals surface area contributed by atoms with E-state index in [2.05, 4.69) is 0 Å². The van der Waals surface area contributed by atoms with E-state index >= 15 is 0 Å². The zero-order valence-corrected chi connectivity index (χ0v) is 13.2. The van der Waals surface area contributed by atoms with Crippen LogP contribution >= 0.6 is 0 Å². The van der Waals surface area contributed by atoms with Crippen molar-refractivity contribution >= 4 is 5.91 Å². The van der Waals surface area contributed by atoms with Gasteiger partial charge >= 0.3 is 0 Å². The minimum Gasteiger partial charge on any atom is -0.494 e. The van der Waals surface area contributed by atoms with Gasteiger partial charge in [-0.15, -0.1) is 0 Å². The Kier molecular flexibility index (Phi) is 5.62. The van der Waals surface area contributed by atoms with Gasteiger partial charge in [-0.3, -0.25) is 4.79 Å². The minimum atomic E-state index is 0.126. The molecule has 4 nitrogen and oxygen atoms in total. The molecule has 1 aromatic carbocycles. The number of para-hydroxylation sites is 1. The summed E-state index contributed by atoms with van der Waals surface area (Å²) in [7, 11) is 0. The Labute approximate surface area is 127 Å². The summed E-state index contributed by atoms with van der Waals surface area (Å²) < 4.78 is 11.2. The highest BCUT2D eigenvalue weighted by atomic mass is 16.5. The van der Waals surface area contributed by atoms with Gasteiger partial charge < -0.3 is 14.4 Å². The summed E-state index contributed by atoms with van der Waals surface area (Å²) in [6.07, 6.45) is 1.36. The molecule has 2 atom stereocenters. The molecule has 2 rings (SSSR count). The van der Waals surface area contributed by atoms with E-state index < -0.39 is 0 Å². The summed E-state index contributed by atoms with van der Waals surface area (Å²) in [6, 6.07) is 8.10. The standard InChI is InChI=1S/C17H25NO3/c1-4-20-16-8-6-5-7-15(16)9-10-17(19)18-11-14(3)21-12-13(18)2/h5-8,13-14H,4,9-12H2,1-3H3/t13-,14+/m1/s1. The van der Waals surface area contributed by atoms with E-state index in [1.165, 1.54) is 0 Å². The second kappa shape index (κ2) is 7.46. The molecule has 4 heteroatoms. The van der Waals surface area contributed by atoms with Gasteiger partial charge in [-0.2, -0.15) is 0 Å². The van der Waals surface area contributed by atoms with Gasteiger partial charge in [0.2, 0.25) is 5.91 Å². The quantitative estimate of drug-likeness (QED) is 0.837. The van der Waals surface area contributed by atoms with Crippen molar-refractivity contribution in [1.82, 2.24) is 4.90 Å². The molecular weight excluding hydrogens is 266 g/mol. The molecular formula is C17H25NO3. The molecule has 1 aliphatic rings. The zero-order chi connectivity index (χ0) is 15.2. The predicted octanol–water partition coefficient (Wildman–Crippen LogP) is 2.65. The van der Waals surface area contributed by atoms with Gasteiger partial charge in [0, 0.05) is 13.0 Å². The fourth-order valence-corrected chi connectivity index (χ4v) is 2.64. The van der Waals surface area contributed by atoms with Crippen LogP contribution in [0.1, 0.15) is 32.8 Å². The number of aryl methyl sites for hydroxylation is 1. The molecule has 21 heavy (non-hydrogen) atoms. The summed E-state index contributed by atoms with van der Waals surface area (Å²) in [5.74, 6) is 1.08. The molecule has 1 heterocycles. The van der Waals surface area contributed by atoms with Crippen LogP contribution < -0.4 is 4.74 Å². The molecule has 0 bridgehead atoms. The Morgan fingerprint density at radius 2 is 2.14 bits per heavy atom. The molecule has 0 unspecified atom stereocenters. The number of hydrogen-bond donors (Lipinski definition) is 0. The van der Waals surface area contributed by atoms with Gasteiger partial charge in [0.15, 0.2) is 0 Å². The number of rotatable bonds is 5. The van der Waals surface area contributed by atoms with E-state index in [0.29, 0.717) is 32.6 Å². The van der Waals surface area contributed by atoms with Crippen LogP contribution in [0.15, 0.2) is 24.3 Å². The summed E-state index contributed by atoms with van der Waals surface area (Å²) >= 11 is 0. The normalized spacial score (nSPS) is 22.1. The molecule has 0 spiro atoms.